The fraction of sp³-hybridized carbons (Fsp3) is 0.444. The minimum absolute atomic E-state index is 0.614. The Bertz CT molecular complexity index is 381. The van der Waals surface area contributed by atoms with Crippen LogP contribution in [0.15, 0.2) is 21.3 Å². The van der Waals surface area contributed by atoms with Crippen LogP contribution in [0.3, 0.4) is 0 Å². The van der Waals surface area contributed by atoms with Crippen molar-refractivity contribution in [2.24, 2.45) is 9.98 Å². The maximum atomic E-state index is 8.91. The Hall–Kier alpha value is -1.63. The molecule has 0 aromatic carbocycles. The van der Waals surface area contributed by atoms with Gasteiger partial charge in [-0.25, -0.2) is 4.99 Å². The minimum Gasteiger partial charge on any atom is -0.312 e. The molecule has 0 unspecified atom stereocenters. The van der Waals surface area contributed by atoms with Gasteiger partial charge in [-0.15, -0.1) is 0 Å². The predicted octanol–water partition coefficient (Wildman–Crippen LogP) is 0.930. The van der Waals surface area contributed by atoms with Crippen molar-refractivity contribution in [2.75, 3.05) is 13.1 Å². The highest BCUT2D eigenvalue weighted by Crippen LogP contribution is 2.20. The van der Waals surface area contributed by atoms with Crippen molar-refractivity contribution in [1.82, 2.24) is 4.90 Å². The van der Waals surface area contributed by atoms with Crippen LogP contribution < -0.4 is 0 Å². The van der Waals surface area contributed by atoms with Gasteiger partial charge in [0.05, 0.1) is 12.2 Å². The Balaban J connectivity index is 2.55. The molecule has 13 heavy (non-hydrogen) atoms. The molecule has 2 heterocycles. The lowest BCUT2D eigenvalue weighted by Crippen LogP contribution is -2.36. The summed E-state index contributed by atoms with van der Waals surface area (Å²) in [7, 11) is 0. The van der Waals surface area contributed by atoms with Crippen LogP contribution in [0, 0.1) is 11.3 Å². The predicted molar refractivity (Wildman–Crippen MR) is 50.4 cm³/mol. The van der Waals surface area contributed by atoms with Crippen molar-refractivity contribution in [3.05, 3.63) is 11.3 Å². The lowest BCUT2D eigenvalue weighted by atomic mass is 10.1. The van der Waals surface area contributed by atoms with Gasteiger partial charge >= 0.3 is 0 Å². The largest absolute Gasteiger partial charge is 0.312 e. The van der Waals surface area contributed by atoms with Gasteiger partial charge in [0.25, 0.3) is 0 Å². The third-order valence-electron chi connectivity index (χ3n) is 2.26. The van der Waals surface area contributed by atoms with Gasteiger partial charge in [-0.3, -0.25) is 4.99 Å². The van der Waals surface area contributed by atoms with Gasteiger partial charge in [-0.1, -0.05) is 0 Å². The normalized spacial score (nSPS) is 20.8. The summed E-state index contributed by atoms with van der Waals surface area (Å²) in [5.74, 6) is 1.74. The van der Waals surface area contributed by atoms with E-state index < -0.39 is 0 Å². The fourth-order valence-corrected chi connectivity index (χ4v) is 1.63. The van der Waals surface area contributed by atoms with E-state index in [-0.39, 0.29) is 0 Å². The number of allylic oxidation sites excluding steroid dienone is 1. The molecule has 0 N–H and O–H groups in total. The third kappa shape index (κ3) is 1.04. The van der Waals surface area contributed by atoms with Crippen molar-refractivity contribution in [2.45, 2.75) is 13.8 Å². The lowest BCUT2D eigenvalue weighted by molar-refractivity contribution is 0.654. The minimum atomic E-state index is 0.614. The van der Waals surface area contributed by atoms with Crippen LogP contribution in [0.2, 0.25) is 0 Å². The second-order valence-corrected chi connectivity index (χ2v) is 3.09. The van der Waals surface area contributed by atoms with Gasteiger partial charge in [0.1, 0.15) is 23.3 Å². The molecule has 2 rings (SSSR count). The summed E-state index contributed by atoms with van der Waals surface area (Å²) in [6.45, 7) is 5.41. The molecule has 0 saturated carbocycles. The average molecular weight is 174 g/mol. The molecule has 4 nitrogen and oxygen atoms in total. The number of nitriles is 1. The third-order valence-corrected chi connectivity index (χ3v) is 2.26. The SMILES string of the molecule is CC1=NC(C)=C(C#N)C2=NCCN12. The van der Waals surface area contributed by atoms with E-state index >= 15 is 0 Å². The summed E-state index contributed by atoms with van der Waals surface area (Å²) in [6.07, 6.45) is 0. The molecule has 0 spiro atoms. The molecule has 0 atom stereocenters. The summed E-state index contributed by atoms with van der Waals surface area (Å²) in [5, 5.41) is 8.91. The first-order valence-electron chi connectivity index (χ1n) is 4.22. The van der Waals surface area contributed by atoms with Crippen LogP contribution in [0.4, 0.5) is 0 Å². The van der Waals surface area contributed by atoms with Crippen LogP contribution in [0.5, 0.6) is 0 Å². The van der Waals surface area contributed by atoms with Crippen molar-refractivity contribution in [1.29, 1.82) is 5.26 Å². The average Bonchev–Trinajstić information content (AvgIpc) is 2.53. The topological polar surface area (TPSA) is 51.8 Å². The molecule has 2 aliphatic rings. The number of hydrogen-bond acceptors (Lipinski definition) is 4. The van der Waals surface area contributed by atoms with E-state index in [0.717, 1.165) is 30.5 Å². The molecule has 4 heteroatoms. The number of nitrogens with zero attached hydrogens (tertiary/aromatic N) is 4. The summed E-state index contributed by atoms with van der Waals surface area (Å²) in [6, 6.07) is 2.15. The number of fused-ring (bicyclic) bond motifs is 1. The van der Waals surface area contributed by atoms with Gasteiger partial charge in [-0.2, -0.15) is 5.26 Å². The Morgan fingerprint density at radius 1 is 1.46 bits per heavy atom. The second-order valence-electron chi connectivity index (χ2n) is 3.09. The van der Waals surface area contributed by atoms with E-state index in [1.54, 1.807) is 0 Å². The Morgan fingerprint density at radius 2 is 2.23 bits per heavy atom. The van der Waals surface area contributed by atoms with Gasteiger partial charge in [0.15, 0.2) is 0 Å². The first-order valence-corrected chi connectivity index (χ1v) is 4.22. The maximum absolute atomic E-state index is 8.91. The van der Waals surface area contributed by atoms with Crippen LogP contribution in [-0.2, 0) is 0 Å². The second kappa shape index (κ2) is 2.70. The van der Waals surface area contributed by atoms with E-state index in [1.165, 1.54) is 0 Å². The number of amidine groups is 2. The molecule has 0 radical (unpaired) electrons. The first kappa shape index (κ1) is 7.99. The fourth-order valence-electron chi connectivity index (χ4n) is 1.63. The maximum Gasteiger partial charge on any atom is 0.149 e. The van der Waals surface area contributed by atoms with E-state index in [0.29, 0.717) is 5.57 Å². The molecule has 0 bridgehead atoms. The van der Waals surface area contributed by atoms with E-state index in [9.17, 15) is 0 Å². The summed E-state index contributed by atoms with van der Waals surface area (Å²) in [4.78, 5) is 10.6. The van der Waals surface area contributed by atoms with Gasteiger partial charge in [-0.05, 0) is 13.8 Å². The summed E-state index contributed by atoms with van der Waals surface area (Å²) in [5.41, 5.74) is 1.39. The van der Waals surface area contributed by atoms with E-state index in [1.807, 2.05) is 18.7 Å². The van der Waals surface area contributed by atoms with Crippen LogP contribution in [0.1, 0.15) is 13.8 Å². The van der Waals surface area contributed by atoms with Crippen LogP contribution in [0.25, 0.3) is 0 Å². The van der Waals surface area contributed by atoms with Gasteiger partial charge in [0, 0.05) is 6.54 Å². The van der Waals surface area contributed by atoms with E-state index in [4.69, 9.17) is 5.26 Å². The zero-order valence-corrected chi connectivity index (χ0v) is 7.70. The molecule has 0 aliphatic carbocycles. The highest BCUT2D eigenvalue weighted by Gasteiger charge is 2.27. The zero-order valence-electron chi connectivity index (χ0n) is 7.70. The highest BCUT2D eigenvalue weighted by atomic mass is 15.3. The standard InChI is InChI=1S/C9H10N4/c1-6-8(5-10)9-11-3-4-13(9)7(2)12-6/h3-4H2,1-2H3. The molecule has 0 aromatic rings. The zero-order chi connectivity index (χ0) is 9.42. The molecule has 0 amide bonds. The summed E-state index contributed by atoms with van der Waals surface area (Å²) >= 11 is 0. The van der Waals surface area contributed by atoms with Crippen molar-refractivity contribution in [3.8, 4) is 6.07 Å². The van der Waals surface area contributed by atoms with Crippen LogP contribution in [-0.4, -0.2) is 29.7 Å². The van der Waals surface area contributed by atoms with Crippen LogP contribution >= 0.6 is 0 Å². The molecule has 0 fully saturated rings. The summed E-state index contributed by atoms with van der Waals surface area (Å²) < 4.78 is 0. The molecule has 0 saturated heterocycles. The monoisotopic (exact) mass is 174 g/mol. The molecular weight excluding hydrogens is 164 g/mol. The van der Waals surface area contributed by atoms with Crippen molar-refractivity contribution >= 4 is 11.7 Å². The molecule has 66 valence electrons. The molecule has 0 aromatic heterocycles. The van der Waals surface area contributed by atoms with Gasteiger partial charge < -0.3 is 4.90 Å². The highest BCUT2D eigenvalue weighted by molar-refractivity contribution is 6.14. The number of hydrogen-bond donors (Lipinski definition) is 0. The number of aliphatic imine (C=N–C) groups is 2. The van der Waals surface area contributed by atoms with E-state index in [2.05, 4.69) is 16.1 Å². The smallest absolute Gasteiger partial charge is 0.149 e. The first-order chi connectivity index (χ1) is 6.24. The van der Waals surface area contributed by atoms with Crippen molar-refractivity contribution < 1.29 is 0 Å². The van der Waals surface area contributed by atoms with Crippen molar-refractivity contribution in [3.63, 3.8) is 0 Å². The Morgan fingerprint density at radius 3 is 2.92 bits per heavy atom. The number of rotatable bonds is 0. The Kier molecular flexibility index (Phi) is 1.66. The molecule has 2 aliphatic heterocycles. The quantitative estimate of drug-likeness (QED) is 0.548. The Labute approximate surface area is 76.9 Å². The molecular formula is C9H10N4. The lowest BCUT2D eigenvalue weighted by Gasteiger charge is -2.23. The van der Waals surface area contributed by atoms with Gasteiger partial charge in [0.2, 0.25) is 0 Å².